The van der Waals surface area contributed by atoms with Crippen molar-refractivity contribution in [3.05, 3.63) is 40.8 Å². The summed E-state index contributed by atoms with van der Waals surface area (Å²) >= 11 is 0. The number of para-hydroxylation sites is 2. The summed E-state index contributed by atoms with van der Waals surface area (Å²) in [6.07, 6.45) is 3.67. The van der Waals surface area contributed by atoms with Crippen molar-refractivity contribution in [2.24, 2.45) is 0 Å². The topological polar surface area (TPSA) is 44.1 Å². The summed E-state index contributed by atoms with van der Waals surface area (Å²) in [4.78, 5) is 16.0. The minimum Gasteiger partial charge on any atom is -0.376 e. The van der Waals surface area contributed by atoms with Gasteiger partial charge in [-0.25, -0.2) is 4.98 Å². The van der Waals surface area contributed by atoms with E-state index in [0.717, 1.165) is 30.5 Å². The monoisotopic (exact) mass is 230 g/mol. The minimum atomic E-state index is -0.0563. The zero-order valence-corrected chi connectivity index (χ0v) is 9.50. The number of aromatic nitrogens is 2. The van der Waals surface area contributed by atoms with Gasteiger partial charge < -0.3 is 9.30 Å². The van der Waals surface area contributed by atoms with Gasteiger partial charge in [0, 0.05) is 6.61 Å². The zero-order valence-electron chi connectivity index (χ0n) is 9.50. The molecule has 1 atom stereocenters. The molecule has 0 radical (unpaired) electrons. The van der Waals surface area contributed by atoms with Crippen molar-refractivity contribution < 1.29 is 4.74 Å². The predicted molar refractivity (Wildman–Crippen MR) is 65.0 cm³/mol. The van der Waals surface area contributed by atoms with Crippen molar-refractivity contribution >= 4 is 11.0 Å². The Morgan fingerprint density at radius 3 is 3.12 bits per heavy atom. The smallest absolute Gasteiger partial charge is 0.269 e. The van der Waals surface area contributed by atoms with Crippen LogP contribution in [0.4, 0.5) is 0 Å². The number of rotatable bonds is 2. The zero-order chi connectivity index (χ0) is 11.7. The molecule has 1 saturated heterocycles. The highest BCUT2D eigenvalue weighted by molar-refractivity contribution is 5.74. The van der Waals surface area contributed by atoms with Gasteiger partial charge in [0.1, 0.15) is 0 Å². The summed E-state index contributed by atoms with van der Waals surface area (Å²) in [5.41, 5.74) is 1.68. The van der Waals surface area contributed by atoms with Crippen LogP contribution in [-0.4, -0.2) is 22.3 Å². The van der Waals surface area contributed by atoms with Gasteiger partial charge in [0.25, 0.3) is 5.56 Å². The largest absolute Gasteiger partial charge is 0.376 e. The van der Waals surface area contributed by atoms with E-state index in [9.17, 15) is 4.79 Å². The van der Waals surface area contributed by atoms with E-state index in [4.69, 9.17) is 4.74 Å². The minimum absolute atomic E-state index is 0.0563. The van der Waals surface area contributed by atoms with Crippen LogP contribution in [0.25, 0.3) is 11.0 Å². The summed E-state index contributed by atoms with van der Waals surface area (Å²) in [5.74, 6) is 0. The highest BCUT2D eigenvalue weighted by Crippen LogP contribution is 2.15. The molecule has 2 aromatic rings. The lowest BCUT2D eigenvalue weighted by molar-refractivity contribution is 0.0972. The third-order valence-corrected chi connectivity index (χ3v) is 3.16. The molecule has 1 unspecified atom stereocenters. The molecule has 1 aliphatic rings. The van der Waals surface area contributed by atoms with Crippen LogP contribution in [0.3, 0.4) is 0 Å². The van der Waals surface area contributed by atoms with Crippen LogP contribution >= 0.6 is 0 Å². The number of nitrogens with zero attached hydrogens (tertiary/aromatic N) is 2. The molecule has 3 rings (SSSR count). The molecule has 88 valence electrons. The molecule has 0 saturated carbocycles. The second-order valence-electron chi connectivity index (χ2n) is 4.33. The van der Waals surface area contributed by atoms with Crippen molar-refractivity contribution in [3.63, 3.8) is 0 Å². The molecule has 0 aliphatic carbocycles. The second kappa shape index (κ2) is 4.30. The highest BCUT2D eigenvalue weighted by Gasteiger charge is 2.17. The maximum absolute atomic E-state index is 11.9. The van der Waals surface area contributed by atoms with Crippen LogP contribution in [0.1, 0.15) is 12.8 Å². The first-order chi connectivity index (χ1) is 8.34. The number of hydrogen-bond donors (Lipinski definition) is 0. The standard InChI is InChI=1S/C13H14N2O2/c16-13-8-14-11-5-1-2-6-12(11)15(13)9-10-4-3-7-17-10/h1-2,5-6,8,10H,3-4,7,9H2. The van der Waals surface area contributed by atoms with Crippen LogP contribution in [0.5, 0.6) is 0 Å². The Balaban J connectivity index is 2.06. The first kappa shape index (κ1) is 10.5. The van der Waals surface area contributed by atoms with Crippen molar-refractivity contribution in [2.45, 2.75) is 25.5 Å². The molecular weight excluding hydrogens is 216 g/mol. The molecule has 0 amide bonds. The van der Waals surface area contributed by atoms with Gasteiger partial charge in [0.05, 0.1) is 29.9 Å². The van der Waals surface area contributed by atoms with Gasteiger partial charge in [-0.05, 0) is 25.0 Å². The first-order valence-electron chi connectivity index (χ1n) is 5.91. The van der Waals surface area contributed by atoms with Gasteiger partial charge in [-0.15, -0.1) is 0 Å². The van der Waals surface area contributed by atoms with E-state index in [2.05, 4.69) is 4.98 Å². The lowest BCUT2D eigenvalue weighted by Gasteiger charge is -2.13. The predicted octanol–water partition coefficient (Wildman–Crippen LogP) is 1.58. The summed E-state index contributed by atoms with van der Waals surface area (Å²) < 4.78 is 7.34. The van der Waals surface area contributed by atoms with E-state index in [1.807, 2.05) is 24.3 Å². The maximum atomic E-state index is 11.9. The molecule has 4 heteroatoms. The number of hydrogen-bond acceptors (Lipinski definition) is 3. The SMILES string of the molecule is O=c1cnc2ccccc2n1CC1CCCO1. The Bertz CT molecular complexity index is 585. The van der Waals surface area contributed by atoms with E-state index >= 15 is 0 Å². The third-order valence-electron chi connectivity index (χ3n) is 3.16. The van der Waals surface area contributed by atoms with Gasteiger partial charge in [-0.3, -0.25) is 4.79 Å². The lowest BCUT2D eigenvalue weighted by atomic mass is 10.2. The molecule has 1 aliphatic heterocycles. The summed E-state index contributed by atoms with van der Waals surface area (Å²) in [5, 5.41) is 0. The average Bonchev–Trinajstić information content (AvgIpc) is 2.86. The molecule has 1 aromatic carbocycles. The van der Waals surface area contributed by atoms with Gasteiger partial charge in [0.15, 0.2) is 0 Å². The van der Waals surface area contributed by atoms with Gasteiger partial charge in [-0.1, -0.05) is 12.1 Å². The van der Waals surface area contributed by atoms with Crippen molar-refractivity contribution in [1.82, 2.24) is 9.55 Å². The fraction of sp³-hybridized carbons (Fsp3) is 0.385. The lowest BCUT2D eigenvalue weighted by Crippen LogP contribution is -2.26. The molecular formula is C13H14N2O2. The third kappa shape index (κ3) is 1.96. The van der Waals surface area contributed by atoms with Crippen LogP contribution in [0, 0.1) is 0 Å². The molecule has 17 heavy (non-hydrogen) atoms. The van der Waals surface area contributed by atoms with E-state index in [1.54, 1.807) is 4.57 Å². The summed E-state index contributed by atoms with van der Waals surface area (Å²) in [6.45, 7) is 1.43. The highest BCUT2D eigenvalue weighted by atomic mass is 16.5. The average molecular weight is 230 g/mol. The number of fused-ring (bicyclic) bond motifs is 1. The van der Waals surface area contributed by atoms with Crippen LogP contribution < -0.4 is 5.56 Å². The molecule has 0 N–H and O–H groups in total. The van der Waals surface area contributed by atoms with E-state index in [0.29, 0.717) is 6.54 Å². The van der Waals surface area contributed by atoms with E-state index in [-0.39, 0.29) is 11.7 Å². The Morgan fingerprint density at radius 1 is 1.41 bits per heavy atom. The van der Waals surface area contributed by atoms with Crippen molar-refractivity contribution in [1.29, 1.82) is 0 Å². The normalized spacial score (nSPS) is 19.9. The first-order valence-corrected chi connectivity index (χ1v) is 5.91. The fourth-order valence-electron chi connectivity index (χ4n) is 2.30. The van der Waals surface area contributed by atoms with Gasteiger partial charge in [-0.2, -0.15) is 0 Å². The van der Waals surface area contributed by atoms with Crippen LogP contribution in [0.2, 0.25) is 0 Å². The number of ether oxygens (including phenoxy) is 1. The molecule has 0 bridgehead atoms. The maximum Gasteiger partial charge on any atom is 0.269 e. The van der Waals surface area contributed by atoms with Crippen LogP contribution in [-0.2, 0) is 11.3 Å². The summed E-state index contributed by atoms with van der Waals surface area (Å²) in [6, 6.07) is 7.70. The molecule has 2 heterocycles. The van der Waals surface area contributed by atoms with Crippen molar-refractivity contribution in [2.75, 3.05) is 6.61 Å². The Kier molecular flexibility index (Phi) is 2.65. The van der Waals surface area contributed by atoms with Crippen LogP contribution in [0.15, 0.2) is 35.3 Å². The molecule has 4 nitrogen and oxygen atoms in total. The molecule has 1 fully saturated rings. The van der Waals surface area contributed by atoms with E-state index in [1.165, 1.54) is 6.20 Å². The van der Waals surface area contributed by atoms with E-state index < -0.39 is 0 Å². The molecule has 1 aromatic heterocycles. The van der Waals surface area contributed by atoms with Crippen molar-refractivity contribution in [3.8, 4) is 0 Å². The van der Waals surface area contributed by atoms with Gasteiger partial charge in [0.2, 0.25) is 0 Å². The quantitative estimate of drug-likeness (QED) is 0.786. The Hall–Kier alpha value is -1.68. The molecule has 0 spiro atoms. The second-order valence-corrected chi connectivity index (χ2v) is 4.33. The number of benzene rings is 1. The summed E-state index contributed by atoms with van der Waals surface area (Å²) in [7, 11) is 0. The Labute approximate surface area is 98.9 Å². The Morgan fingerprint density at radius 2 is 2.29 bits per heavy atom. The van der Waals surface area contributed by atoms with Gasteiger partial charge >= 0.3 is 0 Å². The fourth-order valence-corrected chi connectivity index (χ4v) is 2.30.